The Hall–Kier alpha value is -2.12. The fourth-order valence-corrected chi connectivity index (χ4v) is 5.54. The zero-order valence-electron chi connectivity index (χ0n) is 19.1. The number of nitrogens with zero attached hydrogens (tertiary/aromatic N) is 3. The van der Waals surface area contributed by atoms with Gasteiger partial charge < -0.3 is 9.88 Å². The Morgan fingerprint density at radius 3 is 2.42 bits per heavy atom. The van der Waals surface area contributed by atoms with E-state index in [-0.39, 0.29) is 5.91 Å². The highest BCUT2D eigenvalue weighted by Gasteiger charge is 2.19. The summed E-state index contributed by atoms with van der Waals surface area (Å²) < 4.78 is 2.16. The van der Waals surface area contributed by atoms with E-state index >= 15 is 0 Å². The van der Waals surface area contributed by atoms with Crippen LogP contribution < -0.4 is 5.32 Å². The van der Waals surface area contributed by atoms with E-state index in [1.807, 2.05) is 0 Å². The SMILES string of the molecule is CCCn1c(SCC(=O)Nc2c(CC)cccc2CC)nnc1-c1csc(C)c1CC. The topological polar surface area (TPSA) is 59.8 Å². The van der Waals surface area contributed by atoms with E-state index in [1.54, 1.807) is 11.3 Å². The standard InChI is InChI=1S/C24H32N4OS2/c1-6-13-28-23(20-14-30-16(5)19(20)9-4)26-27-24(28)31-15-21(29)25-22-17(7-2)11-10-12-18(22)8-3/h10-12,14H,6-9,13,15H2,1-5H3,(H,25,29). The Labute approximate surface area is 193 Å². The highest BCUT2D eigenvalue weighted by molar-refractivity contribution is 7.99. The first-order valence-electron chi connectivity index (χ1n) is 11.1. The summed E-state index contributed by atoms with van der Waals surface area (Å²) in [7, 11) is 0. The summed E-state index contributed by atoms with van der Waals surface area (Å²) in [5.41, 5.74) is 5.83. The monoisotopic (exact) mass is 456 g/mol. The number of carbonyl (C=O) groups excluding carboxylic acids is 1. The van der Waals surface area contributed by atoms with Gasteiger partial charge in [-0.05, 0) is 49.3 Å². The van der Waals surface area contributed by atoms with Gasteiger partial charge in [-0.1, -0.05) is 57.7 Å². The number of nitrogens with one attached hydrogen (secondary N) is 1. The number of para-hydroxylation sites is 1. The van der Waals surface area contributed by atoms with Crippen molar-refractivity contribution in [1.29, 1.82) is 0 Å². The molecule has 0 spiro atoms. The molecule has 2 aromatic heterocycles. The van der Waals surface area contributed by atoms with Crippen LogP contribution in [0.3, 0.4) is 0 Å². The molecule has 5 nitrogen and oxygen atoms in total. The molecule has 1 amide bonds. The van der Waals surface area contributed by atoms with Crippen LogP contribution in [0.15, 0.2) is 28.7 Å². The fourth-order valence-electron chi connectivity index (χ4n) is 3.83. The number of hydrogen-bond acceptors (Lipinski definition) is 5. The number of aromatic nitrogens is 3. The highest BCUT2D eigenvalue weighted by atomic mass is 32.2. The second-order valence-corrected chi connectivity index (χ2v) is 9.52. The van der Waals surface area contributed by atoms with Gasteiger partial charge in [-0.3, -0.25) is 4.79 Å². The Morgan fingerprint density at radius 2 is 1.81 bits per heavy atom. The van der Waals surface area contributed by atoms with Crippen molar-refractivity contribution >= 4 is 34.7 Å². The number of anilines is 1. The summed E-state index contributed by atoms with van der Waals surface area (Å²) in [6, 6.07) is 6.23. The van der Waals surface area contributed by atoms with E-state index < -0.39 is 0 Å². The molecule has 0 fully saturated rings. The van der Waals surface area contributed by atoms with Crippen molar-refractivity contribution in [2.75, 3.05) is 11.1 Å². The summed E-state index contributed by atoms with van der Waals surface area (Å²) in [5, 5.41) is 15.1. The normalized spacial score (nSPS) is 11.1. The third-order valence-electron chi connectivity index (χ3n) is 5.46. The minimum Gasteiger partial charge on any atom is -0.325 e. The molecule has 0 saturated carbocycles. The van der Waals surface area contributed by atoms with Gasteiger partial charge in [-0.25, -0.2) is 0 Å². The van der Waals surface area contributed by atoms with Crippen LogP contribution in [0.2, 0.25) is 0 Å². The Balaban J connectivity index is 1.78. The predicted molar refractivity (Wildman–Crippen MR) is 132 cm³/mol. The zero-order valence-corrected chi connectivity index (χ0v) is 20.8. The molecule has 0 unspecified atom stereocenters. The molecule has 0 saturated heterocycles. The van der Waals surface area contributed by atoms with Crippen molar-refractivity contribution in [1.82, 2.24) is 14.8 Å². The van der Waals surface area contributed by atoms with Gasteiger partial charge in [0.15, 0.2) is 11.0 Å². The maximum Gasteiger partial charge on any atom is 0.234 e. The number of thiophene rings is 1. The van der Waals surface area contributed by atoms with Gasteiger partial charge in [0, 0.05) is 28.1 Å². The van der Waals surface area contributed by atoms with Gasteiger partial charge in [-0.15, -0.1) is 21.5 Å². The molecule has 0 aliphatic heterocycles. The van der Waals surface area contributed by atoms with Crippen LogP contribution in [0.4, 0.5) is 5.69 Å². The lowest BCUT2D eigenvalue weighted by atomic mass is 10.0. The zero-order chi connectivity index (χ0) is 22.4. The minimum atomic E-state index is -0.00572. The average molecular weight is 457 g/mol. The van der Waals surface area contributed by atoms with Gasteiger partial charge in [-0.2, -0.15) is 0 Å². The van der Waals surface area contributed by atoms with Crippen molar-refractivity contribution in [3.05, 3.63) is 45.1 Å². The quantitative estimate of drug-likeness (QED) is 0.372. The molecule has 0 aliphatic carbocycles. The van der Waals surface area contributed by atoms with Crippen molar-refractivity contribution in [3.8, 4) is 11.4 Å². The molecule has 2 heterocycles. The van der Waals surface area contributed by atoms with Gasteiger partial charge in [0.05, 0.1) is 5.75 Å². The lowest BCUT2D eigenvalue weighted by molar-refractivity contribution is -0.113. The molecule has 0 radical (unpaired) electrons. The first-order chi connectivity index (χ1) is 15.0. The molecule has 1 N–H and O–H groups in total. The maximum absolute atomic E-state index is 12.8. The molecule has 3 rings (SSSR count). The lowest BCUT2D eigenvalue weighted by Gasteiger charge is -2.14. The molecule has 166 valence electrons. The molecule has 0 atom stereocenters. The second-order valence-electron chi connectivity index (χ2n) is 7.49. The van der Waals surface area contributed by atoms with Crippen LogP contribution in [-0.2, 0) is 30.6 Å². The number of aryl methyl sites for hydroxylation is 3. The molecule has 0 aliphatic rings. The van der Waals surface area contributed by atoms with E-state index in [0.29, 0.717) is 5.75 Å². The molecule has 7 heteroatoms. The van der Waals surface area contributed by atoms with E-state index in [9.17, 15) is 4.79 Å². The summed E-state index contributed by atoms with van der Waals surface area (Å²) >= 11 is 3.22. The summed E-state index contributed by atoms with van der Waals surface area (Å²) in [4.78, 5) is 14.1. The van der Waals surface area contributed by atoms with Crippen molar-refractivity contribution in [3.63, 3.8) is 0 Å². The van der Waals surface area contributed by atoms with Gasteiger partial charge >= 0.3 is 0 Å². The molecule has 1 aromatic carbocycles. The summed E-state index contributed by atoms with van der Waals surface area (Å²) in [6.45, 7) is 11.6. The number of hydrogen-bond donors (Lipinski definition) is 1. The van der Waals surface area contributed by atoms with E-state index in [1.165, 1.54) is 38.9 Å². The van der Waals surface area contributed by atoms with Gasteiger partial charge in [0.2, 0.25) is 5.91 Å². The van der Waals surface area contributed by atoms with Crippen molar-refractivity contribution in [2.24, 2.45) is 0 Å². The first kappa shape index (κ1) is 23.5. The molecule has 0 bridgehead atoms. The highest BCUT2D eigenvalue weighted by Crippen LogP contribution is 2.33. The molecule has 3 aromatic rings. The lowest BCUT2D eigenvalue weighted by Crippen LogP contribution is -2.17. The summed E-state index contributed by atoms with van der Waals surface area (Å²) in [6.07, 6.45) is 3.75. The fraction of sp³-hybridized carbons (Fsp3) is 0.458. The number of benzene rings is 1. The van der Waals surface area contributed by atoms with Gasteiger partial charge in [0.1, 0.15) is 0 Å². The van der Waals surface area contributed by atoms with Crippen LogP contribution in [0.25, 0.3) is 11.4 Å². The van der Waals surface area contributed by atoms with Crippen LogP contribution in [0.5, 0.6) is 0 Å². The smallest absolute Gasteiger partial charge is 0.234 e. The third-order valence-corrected chi connectivity index (χ3v) is 7.38. The van der Waals surface area contributed by atoms with E-state index in [0.717, 1.165) is 48.9 Å². The largest absolute Gasteiger partial charge is 0.325 e. The minimum absolute atomic E-state index is 0.00572. The summed E-state index contributed by atoms with van der Waals surface area (Å²) in [5.74, 6) is 1.22. The van der Waals surface area contributed by atoms with Crippen molar-refractivity contribution < 1.29 is 4.79 Å². The Morgan fingerprint density at radius 1 is 1.10 bits per heavy atom. The molecular formula is C24H32N4OS2. The predicted octanol–water partition coefficient (Wildman–Crippen LogP) is 6.14. The molecule has 31 heavy (non-hydrogen) atoms. The van der Waals surface area contributed by atoms with Crippen LogP contribution >= 0.6 is 23.1 Å². The molecular weight excluding hydrogens is 424 g/mol. The van der Waals surface area contributed by atoms with Crippen LogP contribution in [-0.4, -0.2) is 26.4 Å². The number of thioether (sulfide) groups is 1. The number of amides is 1. The Bertz CT molecular complexity index is 1020. The average Bonchev–Trinajstić information content (AvgIpc) is 3.35. The Kier molecular flexibility index (Phi) is 8.32. The van der Waals surface area contributed by atoms with Crippen LogP contribution in [0, 0.1) is 6.92 Å². The second kappa shape index (κ2) is 11.0. The van der Waals surface area contributed by atoms with Crippen LogP contribution in [0.1, 0.15) is 55.7 Å². The van der Waals surface area contributed by atoms with Crippen molar-refractivity contribution in [2.45, 2.75) is 72.0 Å². The van der Waals surface area contributed by atoms with E-state index in [2.05, 4.69) is 78.3 Å². The van der Waals surface area contributed by atoms with Gasteiger partial charge in [0.25, 0.3) is 0 Å². The number of carbonyl (C=O) groups is 1. The van der Waals surface area contributed by atoms with E-state index in [4.69, 9.17) is 0 Å². The number of rotatable bonds is 10. The first-order valence-corrected chi connectivity index (χ1v) is 12.9. The maximum atomic E-state index is 12.8. The third kappa shape index (κ3) is 5.21.